The van der Waals surface area contributed by atoms with Gasteiger partial charge in [-0.1, -0.05) is 12.1 Å². The molecule has 0 aliphatic rings. The molecular weight excluding hydrogens is 294 g/mol. The number of hydrogen-bond donors (Lipinski definition) is 2. The second-order valence-electron chi connectivity index (χ2n) is 6.43. The summed E-state index contributed by atoms with van der Waals surface area (Å²) in [5.41, 5.74) is 1.51. The number of rotatable bonds is 6. The van der Waals surface area contributed by atoms with E-state index in [4.69, 9.17) is 4.74 Å². The standard InChI is InChI=1S/C17H27N3O3/c1-13(21)20(5)12-14-7-6-8-15(11-14)18-9-10-19-16(22)23-17(2,3)4/h6-8,11,18H,9-10,12H2,1-5H3,(H,19,22). The summed E-state index contributed by atoms with van der Waals surface area (Å²) in [5.74, 6) is 0.0323. The monoisotopic (exact) mass is 321 g/mol. The molecule has 2 N–H and O–H groups in total. The molecule has 1 rings (SSSR count). The molecule has 0 aromatic heterocycles. The number of nitrogens with zero attached hydrogens (tertiary/aromatic N) is 1. The van der Waals surface area contributed by atoms with Crippen LogP contribution in [0, 0.1) is 0 Å². The molecule has 6 heteroatoms. The molecule has 23 heavy (non-hydrogen) atoms. The average molecular weight is 321 g/mol. The van der Waals surface area contributed by atoms with Gasteiger partial charge in [0.25, 0.3) is 0 Å². The minimum atomic E-state index is -0.491. The first-order valence-corrected chi connectivity index (χ1v) is 7.69. The van der Waals surface area contributed by atoms with Crippen molar-refractivity contribution in [2.45, 2.75) is 39.8 Å². The molecule has 0 saturated heterocycles. The Morgan fingerprint density at radius 3 is 2.52 bits per heavy atom. The molecule has 0 aliphatic carbocycles. The zero-order chi connectivity index (χ0) is 17.5. The fourth-order valence-corrected chi connectivity index (χ4v) is 1.85. The van der Waals surface area contributed by atoms with E-state index in [1.54, 1.807) is 18.9 Å². The maximum absolute atomic E-state index is 11.5. The third-order valence-corrected chi connectivity index (χ3v) is 3.01. The van der Waals surface area contributed by atoms with Gasteiger partial charge in [0.15, 0.2) is 0 Å². The van der Waals surface area contributed by atoms with Crippen LogP contribution in [-0.4, -0.2) is 42.6 Å². The number of benzene rings is 1. The van der Waals surface area contributed by atoms with E-state index >= 15 is 0 Å². The molecule has 0 fully saturated rings. The lowest BCUT2D eigenvalue weighted by Gasteiger charge is -2.19. The van der Waals surface area contributed by atoms with Gasteiger partial charge in [-0.2, -0.15) is 0 Å². The highest BCUT2D eigenvalue weighted by Gasteiger charge is 2.15. The summed E-state index contributed by atoms with van der Waals surface area (Å²) >= 11 is 0. The zero-order valence-electron chi connectivity index (χ0n) is 14.6. The summed E-state index contributed by atoms with van der Waals surface area (Å²) in [6.45, 7) is 8.65. The Morgan fingerprint density at radius 2 is 1.91 bits per heavy atom. The SMILES string of the molecule is CC(=O)N(C)Cc1cccc(NCCNC(=O)OC(C)(C)C)c1. The van der Waals surface area contributed by atoms with E-state index in [1.807, 2.05) is 45.0 Å². The van der Waals surface area contributed by atoms with Gasteiger partial charge in [-0.3, -0.25) is 4.79 Å². The van der Waals surface area contributed by atoms with Crippen molar-refractivity contribution >= 4 is 17.7 Å². The van der Waals surface area contributed by atoms with Crippen LogP contribution in [0.3, 0.4) is 0 Å². The third kappa shape index (κ3) is 8.09. The summed E-state index contributed by atoms with van der Waals surface area (Å²) < 4.78 is 5.16. The van der Waals surface area contributed by atoms with E-state index < -0.39 is 11.7 Å². The van der Waals surface area contributed by atoms with Gasteiger partial charge < -0.3 is 20.3 Å². The molecule has 0 heterocycles. The Kier molecular flexibility index (Phi) is 6.88. The Balaban J connectivity index is 2.38. The van der Waals surface area contributed by atoms with E-state index in [0.717, 1.165) is 11.3 Å². The lowest BCUT2D eigenvalue weighted by atomic mass is 10.2. The van der Waals surface area contributed by atoms with Gasteiger partial charge in [-0.05, 0) is 38.5 Å². The predicted octanol–water partition coefficient (Wildman–Crippen LogP) is 2.60. The van der Waals surface area contributed by atoms with Crippen molar-refractivity contribution in [1.82, 2.24) is 10.2 Å². The van der Waals surface area contributed by atoms with Crippen LogP contribution < -0.4 is 10.6 Å². The summed E-state index contributed by atoms with van der Waals surface area (Å²) in [6, 6.07) is 7.86. The van der Waals surface area contributed by atoms with Gasteiger partial charge >= 0.3 is 6.09 Å². The number of anilines is 1. The Morgan fingerprint density at radius 1 is 1.22 bits per heavy atom. The predicted molar refractivity (Wildman–Crippen MR) is 91.3 cm³/mol. The van der Waals surface area contributed by atoms with Crippen LogP contribution in [-0.2, 0) is 16.1 Å². The molecular formula is C17H27N3O3. The smallest absolute Gasteiger partial charge is 0.407 e. The van der Waals surface area contributed by atoms with Crippen LogP contribution >= 0.6 is 0 Å². The fourth-order valence-electron chi connectivity index (χ4n) is 1.85. The Labute approximate surface area is 138 Å². The van der Waals surface area contributed by atoms with Crippen molar-refractivity contribution in [1.29, 1.82) is 0 Å². The normalized spacial score (nSPS) is 10.8. The van der Waals surface area contributed by atoms with Crippen LogP contribution in [0.25, 0.3) is 0 Å². The number of carbonyl (C=O) groups is 2. The van der Waals surface area contributed by atoms with E-state index in [1.165, 1.54) is 0 Å². The van der Waals surface area contributed by atoms with Gasteiger partial charge in [0.1, 0.15) is 5.60 Å². The largest absolute Gasteiger partial charge is 0.444 e. The van der Waals surface area contributed by atoms with Gasteiger partial charge in [0.05, 0.1) is 0 Å². The Hall–Kier alpha value is -2.24. The van der Waals surface area contributed by atoms with Crippen LogP contribution in [0.2, 0.25) is 0 Å². The van der Waals surface area contributed by atoms with Crippen molar-refractivity contribution in [3.8, 4) is 0 Å². The molecule has 2 amide bonds. The maximum atomic E-state index is 11.5. The highest BCUT2D eigenvalue weighted by molar-refractivity contribution is 5.72. The van der Waals surface area contributed by atoms with Gasteiger partial charge in [-0.25, -0.2) is 4.79 Å². The molecule has 6 nitrogen and oxygen atoms in total. The molecule has 0 atom stereocenters. The lowest BCUT2D eigenvalue weighted by Crippen LogP contribution is -2.35. The molecule has 0 spiro atoms. The highest BCUT2D eigenvalue weighted by Crippen LogP contribution is 2.12. The first kappa shape index (κ1) is 18.8. The van der Waals surface area contributed by atoms with Crippen molar-refractivity contribution in [3.05, 3.63) is 29.8 Å². The van der Waals surface area contributed by atoms with Crippen LogP contribution in [0.1, 0.15) is 33.3 Å². The number of hydrogen-bond acceptors (Lipinski definition) is 4. The molecule has 0 saturated carbocycles. The summed E-state index contributed by atoms with van der Waals surface area (Å²) in [4.78, 5) is 24.4. The molecule has 0 aliphatic heterocycles. The summed E-state index contributed by atoms with van der Waals surface area (Å²) in [5, 5.41) is 5.93. The van der Waals surface area contributed by atoms with Crippen LogP contribution in [0.4, 0.5) is 10.5 Å². The average Bonchev–Trinajstić information content (AvgIpc) is 2.42. The first-order chi connectivity index (χ1) is 10.7. The molecule has 128 valence electrons. The second-order valence-corrected chi connectivity index (χ2v) is 6.43. The number of carbonyl (C=O) groups excluding carboxylic acids is 2. The van der Waals surface area contributed by atoms with Gasteiger partial charge in [-0.15, -0.1) is 0 Å². The van der Waals surface area contributed by atoms with Crippen molar-refractivity contribution in [3.63, 3.8) is 0 Å². The second kappa shape index (κ2) is 8.41. The van der Waals surface area contributed by atoms with Gasteiger partial charge in [0, 0.05) is 39.3 Å². The van der Waals surface area contributed by atoms with Crippen LogP contribution in [0.15, 0.2) is 24.3 Å². The van der Waals surface area contributed by atoms with E-state index in [0.29, 0.717) is 19.6 Å². The lowest BCUT2D eigenvalue weighted by molar-refractivity contribution is -0.128. The van der Waals surface area contributed by atoms with Crippen molar-refractivity contribution in [2.75, 3.05) is 25.5 Å². The molecule has 0 radical (unpaired) electrons. The highest BCUT2D eigenvalue weighted by atomic mass is 16.6. The summed E-state index contributed by atoms with van der Waals surface area (Å²) in [7, 11) is 1.77. The number of ether oxygens (including phenoxy) is 1. The molecule has 0 bridgehead atoms. The van der Waals surface area contributed by atoms with Crippen molar-refractivity contribution in [2.24, 2.45) is 0 Å². The van der Waals surface area contributed by atoms with E-state index in [2.05, 4.69) is 10.6 Å². The number of nitrogens with one attached hydrogen (secondary N) is 2. The maximum Gasteiger partial charge on any atom is 0.407 e. The summed E-state index contributed by atoms with van der Waals surface area (Å²) in [6.07, 6.45) is -0.420. The van der Waals surface area contributed by atoms with E-state index in [9.17, 15) is 9.59 Å². The fraction of sp³-hybridized carbons (Fsp3) is 0.529. The Bertz CT molecular complexity index is 538. The quantitative estimate of drug-likeness (QED) is 0.790. The minimum Gasteiger partial charge on any atom is -0.444 e. The number of alkyl carbamates (subject to hydrolysis) is 1. The molecule has 0 unspecified atom stereocenters. The first-order valence-electron chi connectivity index (χ1n) is 7.69. The van der Waals surface area contributed by atoms with Crippen LogP contribution in [0.5, 0.6) is 0 Å². The topological polar surface area (TPSA) is 70.7 Å². The molecule has 1 aromatic rings. The zero-order valence-corrected chi connectivity index (χ0v) is 14.6. The third-order valence-electron chi connectivity index (χ3n) is 3.01. The van der Waals surface area contributed by atoms with Gasteiger partial charge in [0.2, 0.25) is 5.91 Å². The molecule has 1 aromatic carbocycles. The van der Waals surface area contributed by atoms with Crippen molar-refractivity contribution < 1.29 is 14.3 Å². The van der Waals surface area contributed by atoms with E-state index in [-0.39, 0.29) is 5.91 Å². The minimum absolute atomic E-state index is 0.0323. The number of amides is 2.